The van der Waals surface area contributed by atoms with Crippen LogP contribution in [0.4, 0.5) is 10.1 Å². The molecule has 10 heteroatoms. The molecule has 0 unspecified atom stereocenters. The third kappa shape index (κ3) is 7.05. The minimum Gasteiger partial charge on any atom is -0.491 e. The van der Waals surface area contributed by atoms with Crippen molar-refractivity contribution < 1.29 is 33.0 Å². The molecule has 1 aliphatic heterocycles. The van der Waals surface area contributed by atoms with Crippen LogP contribution < -0.4 is 10.1 Å². The molecule has 3 rings (SSSR count). The van der Waals surface area contributed by atoms with Gasteiger partial charge in [-0.05, 0) is 49.4 Å². The Hall–Kier alpha value is -3.50. The number of halogens is 1. The molecule has 0 fully saturated rings. The normalized spacial score (nSPS) is 20.8. The van der Waals surface area contributed by atoms with E-state index in [-0.39, 0.29) is 60.8 Å². The van der Waals surface area contributed by atoms with Crippen LogP contribution in [-0.4, -0.2) is 87.2 Å². The molecule has 1 N–H and O–H groups in total. The van der Waals surface area contributed by atoms with Gasteiger partial charge in [-0.2, -0.15) is 0 Å². The second kappa shape index (κ2) is 12.6. The SMILES string of the molecule is COCC(=O)N1C[C@H](C)[C@@H](OC)CN(C)C(=O)c2cc(NC(=O)c3ccc(F)cc3)ccc2OC[C@@H]1C. The summed E-state index contributed by atoms with van der Waals surface area (Å²) in [6.45, 7) is 4.62. The molecule has 2 aromatic rings. The molecule has 2 aromatic carbocycles. The highest BCUT2D eigenvalue weighted by Gasteiger charge is 2.30. The van der Waals surface area contributed by atoms with E-state index in [0.29, 0.717) is 18.0 Å². The lowest BCUT2D eigenvalue weighted by Gasteiger charge is -2.36. The second-order valence-corrected chi connectivity index (χ2v) is 9.25. The average molecular weight is 516 g/mol. The van der Waals surface area contributed by atoms with Crippen LogP contribution in [0.25, 0.3) is 0 Å². The maximum atomic E-state index is 13.5. The molecule has 3 atom stereocenters. The van der Waals surface area contributed by atoms with Gasteiger partial charge in [0.15, 0.2) is 0 Å². The van der Waals surface area contributed by atoms with Gasteiger partial charge in [-0.3, -0.25) is 14.4 Å². The fourth-order valence-corrected chi connectivity index (χ4v) is 4.21. The number of likely N-dealkylation sites (N-methyl/N-ethyl adjacent to an activating group) is 1. The number of rotatable bonds is 5. The Balaban J connectivity index is 1.93. The van der Waals surface area contributed by atoms with Crippen molar-refractivity contribution in [2.45, 2.75) is 26.0 Å². The Kier molecular flexibility index (Phi) is 9.60. The number of amides is 3. The van der Waals surface area contributed by atoms with Crippen molar-refractivity contribution in [1.29, 1.82) is 0 Å². The maximum Gasteiger partial charge on any atom is 0.257 e. The van der Waals surface area contributed by atoms with Gasteiger partial charge in [0.25, 0.3) is 11.8 Å². The van der Waals surface area contributed by atoms with E-state index >= 15 is 0 Å². The fourth-order valence-electron chi connectivity index (χ4n) is 4.21. The predicted molar refractivity (Wildman–Crippen MR) is 136 cm³/mol. The highest BCUT2D eigenvalue weighted by molar-refractivity contribution is 6.05. The van der Waals surface area contributed by atoms with Crippen LogP contribution in [0.15, 0.2) is 42.5 Å². The summed E-state index contributed by atoms with van der Waals surface area (Å²) in [7, 11) is 4.72. The van der Waals surface area contributed by atoms with Gasteiger partial charge >= 0.3 is 0 Å². The first kappa shape index (κ1) is 28.1. The van der Waals surface area contributed by atoms with Crippen LogP contribution in [0.3, 0.4) is 0 Å². The largest absolute Gasteiger partial charge is 0.491 e. The van der Waals surface area contributed by atoms with E-state index in [1.54, 1.807) is 37.3 Å². The molecule has 1 aliphatic rings. The molecule has 0 radical (unpaired) electrons. The third-order valence-corrected chi connectivity index (χ3v) is 6.40. The van der Waals surface area contributed by atoms with E-state index in [0.717, 1.165) is 0 Å². The highest BCUT2D eigenvalue weighted by Crippen LogP contribution is 2.27. The Bertz CT molecular complexity index is 1110. The molecule has 0 bridgehead atoms. The highest BCUT2D eigenvalue weighted by atomic mass is 19.1. The molecule has 1 heterocycles. The van der Waals surface area contributed by atoms with Crippen LogP contribution in [0.5, 0.6) is 5.75 Å². The number of ether oxygens (including phenoxy) is 3. The van der Waals surface area contributed by atoms with Gasteiger partial charge in [-0.25, -0.2) is 4.39 Å². The lowest BCUT2D eigenvalue weighted by molar-refractivity contribution is -0.139. The van der Waals surface area contributed by atoms with Crippen molar-refractivity contribution >= 4 is 23.4 Å². The molecule has 9 nitrogen and oxygen atoms in total. The molecule has 0 saturated heterocycles. The number of nitrogens with one attached hydrogen (secondary N) is 1. The number of carbonyl (C=O) groups is 3. The first-order valence-electron chi connectivity index (χ1n) is 12.0. The molecule has 0 aliphatic carbocycles. The van der Waals surface area contributed by atoms with Crippen LogP contribution in [0, 0.1) is 11.7 Å². The van der Waals surface area contributed by atoms with Crippen molar-refractivity contribution in [1.82, 2.24) is 9.80 Å². The molecule has 0 aromatic heterocycles. The van der Waals surface area contributed by atoms with E-state index in [2.05, 4.69) is 5.32 Å². The maximum absolute atomic E-state index is 13.5. The van der Waals surface area contributed by atoms with Crippen LogP contribution >= 0.6 is 0 Å². The van der Waals surface area contributed by atoms with Crippen LogP contribution in [0.2, 0.25) is 0 Å². The van der Waals surface area contributed by atoms with Gasteiger partial charge in [0.2, 0.25) is 5.91 Å². The Labute approximate surface area is 216 Å². The quantitative estimate of drug-likeness (QED) is 0.658. The lowest BCUT2D eigenvalue weighted by atomic mass is 10.0. The summed E-state index contributed by atoms with van der Waals surface area (Å²) in [5.74, 6) is -1.11. The van der Waals surface area contributed by atoms with E-state index in [1.165, 1.54) is 36.3 Å². The summed E-state index contributed by atoms with van der Waals surface area (Å²) >= 11 is 0. The van der Waals surface area contributed by atoms with E-state index in [4.69, 9.17) is 14.2 Å². The molecular weight excluding hydrogens is 481 g/mol. The predicted octanol–water partition coefficient (Wildman–Crippen LogP) is 3.06. The van der Waals surface area contributed by atoms with E-state index < -0.39 is 11.7 Å². The third-order valence-electron chi connectivity index (χ3n) is 6.40. The number of nitrogens with zero attached hydrogens (tertiary/aromatic N) is 2. The topological polar surface area (TPSA) is 97.4 Å². The second-order valence-electron chi connectivity index (χ2n) is 9.25. The van der Waals surface area contributed by atoms with Crippen molar-refractivity contribution in [3.05, 3.63) is 59.4 Å². The van der Waals surface area contributed by atoms with Crippen molar-refractivity contribution in [3.8, 4) is 5.75 Å². The van der Waals surface area contributed by atoms with Gasteiger partial charge in [-0.15, -0.1) is 0 Å². The summed E-state index contributed by atoms with van der Waals surface area (Å²) in [6.07, 6.45) is -0.329. The number of hydrogen-bond acceptors (Lipinski definition) is 6. The van der Waals surface area contributed by atoms with Crippen molar-refractivity contribution in [3.63, 3.8) is 0 Å². The summed E-state index contributed by atoms with van der Waals surface area (Å²) in [6, 6.07) is 9.64. The number of fused-ring (bicyclic) bond motifs is 1. The molecule has 3 amide bonds. The summed E-state index contributed by atoms with van der Waals surface area (Å²) in [5.41, 5.74) is 0.914. The minimum absolute atomic E-state index is 0.0548. The van der Waals surface area contributed by atoms with Gasteiger partial charge < -0.3 is 29.3 Å². The zero-order chi connectivity index (χ0) is 27.1. The van der Waals surface area contributed by atoms with Gasteiger partial charge in [-0.1, -0.05) is 6.92 Å². The monoisotopic (exact) mass is 515 g/mol. The Morgan fingerprint density at radius 1 is 1.11 bits per heavy atom. The number of carbonyl (C=O) groups excluding carboxylic acids is 3. The van der Waals surface area contributed by atoms with Crippen LogP contribution in [0.1, 0.15) is 34.6 Å². The molecular formula is C27H34FN3O6. The van der Waals surface area contributed by atoms with Crippen molar-refractivity contribution in [2.24, 2.45) is 5.92 Å². The van der Waals surface area contributed by atoms with Crippen molar-refractivity contribution in [2.75, 3.05) is 52.9 Å². The van der Waals surface area contributed by atoms with E-state index in [1.807, 2.05) is 13.8 Å². The fraction of sp³-hybridized carbons (Fsp3) is 0.444. The van der Waals surface area contributed by atoms with Gasteiger partial charge in [0, 0.05) is 51.5 Å². The summed E-state index contributed by atoms with van der Waals surface area (Å²) in [4.78, 5) is 42.1. The number of methoxy groups -OCH3 is 2. The van der Waals surface area contributed by atoms with Gasteiger partial charge in [0.1, 0.15) is 24.8 Å². The molecule has 0 saturated carbocycles. The minimum atomic E-state index is -0.442. The molecule has 200 valence electrons. The average Bonchev–Trinajstić information content (AvgIpc) is 2.88. The number of benzene rings is 2. The number of hydrogen-bond donors (Lipinski definition) is 1. The van der Waals surface area contributed by atoms with Gasteiger partial charge in [0.05, 0.1) is 17.7 Å². The summed E-state index contributed by atoms with van der Waals surface area (Å²) < 4.78 is 30.0. The standard InChI is InChI=1S/C27H34FN3O6/c1-17-13-31(25(32)16-35-4)18(2)15-37-23-11-10-21(29-26(33)19-6-8-20(28)9-7-19)12-22(23)27(34)30(3)14-24(17)36-5/h6-12,17-18,24H,13-16H2,1-5H3,(H,29,33)/t17-,18-,24-/m0/s1. The zero-order valence-corrected chi connectivity index (χ0v) is 21.8. The first-order valence-corrected chi connectivity index (χ1v) is 12.0. The van der Waals surface area contributed by atoms with E-state index in [9.17, 15) is 18.8 Å². The van der Waals surface area contributed by atoms with Crippen LogP contribution in [-0.2, 0) is 14.3 Å². The lowest BCUT2D eigenvalue weighted by Crippen LogP contribution is -2.49. The number of anilines is 1. The molecule has 0 spiro atoms. The Morgan fingerprint density at radius 2 is 1.81 bits per heavy atom. The Morgan fingerprint density at radius 3 is 2.46 bits per heavy atom. The zero-order valence-electron chi connectivity index (χ0n) is 21.8. The smallest absolute Gasteiger partial charge is 0.257 e. The summed E-state index contributed by atoms with van der Waals surface area (Å²) in [5, 5.41) is 2.74. The molecule has 37 heavy (non-hydrogen) atoms. The first-order chi connectivity index (χ1) is 17.6.